The average Bonchev–Trinajstić information content (AvgIpc) is 2.63. The van der Waals surface area contributed by atoms with E-state index in [0.29, 0.717) is 10.2 Å². The second-order valence-corrected chi connectivity index (χ2v) is 4.97. The molecular weight excluding hydrogens is 337 g/mol. The van der Waals surface area contributed by atoms with E-state index < -0.39 is 11.7 Å². The van der Waals surface area contributed by atoms with Crippen LogP contribution in [-0.2, 0) is 6.18 Å². The first-order valence-corrected chi connectivity index (χ1v) is 6.29. The van der Waals surface area contributed by atoms with Crippen LogP contribution in [0.15, 0.2) is 34.0 Å². The first-order valence-electron chi connectivity index (χ1n) is 5.50. The Hall–Kier alpha value is -1.83. The molecule has 0 saturated carbocycles. The van der Waals surface area contributed by atoms with Gasteiger partial charge in [-0.05, 0) is 25.1 Å². The third-order valence-corrected chi connectivity index (χ3v) is 2.97. The maximum atomic E-state index is 12.9. The van der Waals surface area contributed by atoms with Crippen LogP contribution in [0.25, 0.3) is 0 Å². The lowest BCUT2D eigenvalue weighted by Crippen LogP contribution is -2.09. The van der Waals surface area contributed by atoms with Crippen molar-refractivity contribution >= 4 is 28.1 Å². The fraction of sp³-hybridized carbons (Fsp3) is 0.167. The third-order valence-electron chi connectivity index (χ3n) is 2.47. The summed E-state index contributed by atoms with van der Waals surface area (Å²) in [7, 11) is 0. The van der Waals surface area contributed by atoms with E-state index in [2.05, 4.69) is 26.0 Å². The van der Waals surface area contributed by atoms with Crippen molar-refractivity contribution in [2.75, 3.05) is 5.73 Å². The lowest BCUT2D eigenvalue weighted by Gasteiger charge is -2.10. The number of alkyl halides is 3. The van der Waals surface area contributed by atoms with Gasteiger partial charge in [-0.25, -0.2) is 9.66 Å². The maximum absolute atomic E-state index is 12.9. The molecule has 2 aromatic rings. The molecule has 0 amide bonds. The third kappa shape index (κ3) is 3.19. The summed E-state index contributed by atoms with van der Waals surface area (Å²) in [5.41, 5.74) is 5.37. The van der Waals surface area contributed by atoms with Crippen molar-refractivity contribution in [3.05, 3.63) is 45.7 Å². The van der Waals surface area contributed by atoms with Crippen LogP contribution in [0.4, 0.5) is 19.1 Å². The summed E-state index contributed by atoms with van der Waals surface area (Å²) in [6.07, 6.45) is -1.82. The van der Waals surface area contributed by atoms with Crippen molar-refractivity contribution in [2.24, 2.45) is 5.10 Å². The molecule has 1 aromatic heterocycles. The number of aromatic nitrogens is 2. The van der Waals surface area contributed by atoms with Crippen LogP contribution in [0.2, 0.25) is 0 Å². The van der Waals surface area contributed by atoms with E-state index in [4.69, 9.17) is 5.73 Å². The van der Waals surface area contributed by atoms with Crippen LogP contribution in [-0.4, -0.2) is 15.9 Å². The predicted octanol–water partition coefficient (Wildman–Crippen LogP) is 3.44. The van der Waals surface area contributed by atoms with Crippen molar-refractivity contribution in [3.8, 4) is 0 Å². The molecule has 8 heteroatoms. The second kappa shape index (κ2) is 5.28. The van der Waals surface area contributed by atoms with Gasteiger partial charge in [0.15, 0.2) is 0 Å². The number of anilines is 1. The molecular formula is C12H10BrF3N4. The van der Waals surface area contributed by atoms with Gasteiger partial charge < -0.3 is 5.73 Å². The fourth-order valence-electron chi connectivity index (χ4n) is 1.62. The van der Waals surface area contributed by atoms with Crippen LogP contribution >= 0.6 is 15.9 Å². The van der Waals surface area contributed by atoms with E-state index in [1.807, 2.05) is 0 Å². The molecule has 0 aliphatic carbocycles. The van der Waals surface area contributed by atoms with Gasteiger partial charge in [-0.15, -0.1) is 0 Å². The summed E-state index contributed by atoms with van der Waals surface area (Å²) in [4.78, 5) is 3.91. The van der Waals surface area contributed by atoms with E-state index in [9.17, 15) is 13.2 Å². The fourth-order valence-corrected chi connectivity index (χ4v) is 2.00. The first kappa shape index (κ1) is 14.6. The van der Waals surface area contributed by atoms with Gasteiger partial charge in [0.1, 0.15) is 0 Å². The normalized spacial score (nSPS) is 12.2. The van der Waals surface area contributed by atoms with Gasteiger partial charge in [0.2, 0.25) is 5.95 Å². The number of rotatable bonds is 2. The summed E-state index contributed by atoms with van der Waals surface area (Å²) in [5, 5.41) is 3.90. The van der Waals surface area contributed by atoms with E-state index in [0.717, 1.165) is 12.3 Å². The highest BCUT2D eigenvalue weighted by Crippen LogP contribution is 2.32. The Balaban J connectivity index is 2.42. The number of hydrogen-bond donors (Lipinski definition) is 1. The summed E-state index contributed by atoms with van der Waals surface area (Å²) in [6.45, 7) is 1.71. The van der Waals surface area contributed by atoms with Crippen LogP contribution in [0.1, 0.15) is 16.8 Å². The molecule has 0 saturated heterocycles. The number of aryl methyl sites for hydroxylation is 1. The largest absolute Gasteiger partial charge is 0.417 e. The molecule has 0 unspecified atom stereocenters. The smallest absolute Gasteiger partial charge is 0.368 e. The Bertz CT molecular complexity index is 661. The van der Waals surface area contributed by atoms with Gasteiger partial charge in [0.25, 0.3) is 0 Å². The number of halogens is 4. The number of benzene rings is 1. The van der Waals surface area contributed by atoms with Gasteiger partial charge in [0.05, 0.1) is 23.7 Å². The summed E-state index contributed by atoms with van der Waals surface area (Å²) < 4.78 is 40.4. The van der Waals surface area contributed by atoms with Gasteiger partial charge in [-0.3, -0.25) is 0 Å². The minimum absolute atomic E-state index is 0.0578. The highest BCUT2D eigenvalue weighted by atomic mass is 79.9. The monoisotopic (exact) mass is 346 g/mol. The molecule has 2 rings (SSSR count). The van der Waals surface area contributed by atoms with Crippen molar-refractivity contribution < 1.29 is 13.2 Å². The molecule has 106 valence electrons. The van der Waals surface area contributed by atoms with E-state index in [1.165, 1.54) is 23.0 Å². The summed E-state index contributed by atoms with van der Waals surface area (Å²) in [6, 6.07) is 3.66. The topological polar surface area (TPSA) is 56.2 Å². The number of nitrogens with two attached hydrogens (primary N) is 1. The lowest BCUT2D eigenvalue weighted by atomic mass is 10.1. The van der Waals surface area contributed by atoms with Gasteiger partial charge in [0, 0.05) is 10.0 Å². The molecule has 1 heterocycles. The summed E-state index contributed by atoms with van der Waals surface area (Å²) in [5.74, 6) is 0.113. The Kier molecular flexibility index (Phi) is 3.85. The second-order valence-electron chi connectivity index (χ2n) is 4.06. The van der Waals surface area contributed by atoms with E-state index in [-0.39, 0.29) is 11.5 Å². The highest BCUT2D eigenvalue weighted by Gasteiger charge is 2.32. The minimum atomic E-state index is -4.45. The molecule has 0 aliphatic rings. The Labute approximate surface area is 121 Å². The highest BCUT2D eigenvalue weighted by molar-refractivity contribution is 9.10. The van der Waals surface area contributed by atoms with Crippen molar-refractivity contribution in [2.45, 2.75) is 13.1 Å². The average molecular weight is 347 g/mol. The van der Waals surface area contributed by atoms with Gasteiger partial charge in [-0.2, -0.15) is 18.3 Å². The zero-order valence-corrected chi connectivity index (χ0v) is 11.9. The van der Waals surface area contributed by atoms with Crippen molar-refractivity contribution in [3.63, 3.8) is 0 Å². The number of nitrogens with zero attached hydrogens (tertiary/aromatic N) is 3. The Morgan fingerprint density at radius 3 is 2.65 bits per heavy atom. The molecule has 1 aromatic carbocycles. The molecule has 0 fully saturated rings. The molecule has 2 N–H and O–H groups in total. The predicted molar refractivity (Wildman–Crippen MR) is 73.5 cm³/mol. The SMILES string of the molecule is Cc1cn(N=Cc2cc(Br)ccc2C(F)(F)F)c(N)n1. The lowest BCUT2D eigenvalue weighted by molar-refractivity contribution is -0.137. The van der Waals surface area contributed by atoms with Crippen LogP contribution in [0.5, 0.6) is 0 Å². The first-order chi connectivity index (χ1) is 9.27. The van der Waals surface area contributed by atoms with Gasteiger partial charge >= 0.3 is 6.18 Å². The zero-order valence-electron chi connectivity index (χ0n) is 10.3. The molecule has 20 heavy (non-hydrogen) atoms. The maximum Gasteiger partial charge on any atom is 0.417 e. The number of imidazole rings is 1. The Morgan fingerprint density at radius 1 is 1.40 bits per heavy atom. The van der Waals surface area contributed by atoms with Crippen LogP contribution in [0.3, 0.4) is 0 Å². The molecule has 0 atom stereocenters. The minimum Gasteiger partial charge on any atom is -0.368 e. The Morgan fingerprint density at radius 2 is 2.10 bits per heavy atom. The number of nitrogen functional groups attached to an aromatic ring is 1. The van der Waals surface area contributed by atoms with Crippen LogP contribution in [0, 0.1) is 6.92 Å². The van der Waals surface area contributed by atoms with Crippen molar-refractivity contribution in [1.82, 2.24) is 9.66 Å². The van der Waals surface area contributed by atoms with Crippen molar-refractivity contribution in [1.29, 1.82) is 0 Å². The van der Waals surface area contributed by atoms with E-state index in [1.54, 1.807) is 6.92 Å². The molecule has 0 spiro atoms. The zero-order chi connectivity index (χ0) is 14.9. The number of hydrogen-bond acceptors (Lipinski definition) is 3. The molecule has 0 bridgehead atoms. The van der Waals surface area contributed by atoms with E-state index >= 15 is 0 Å². The molecule has 4 nitrogen and oxygen atoms in total. The van der Waals surface area contributed by atoms with Gasteiger partial charge in [-0.1, -0.05) is 15.9 Å². The standard InChI is InChI=1S/C12H10BrF3N4/c1-7-6-20(11(17)19-7)18-5-8-4-9(13)2-3-10(8)12(14,15)16/h2-6H,1H3,(H2,17,19). The summed E-state index contributed by atoms with van der Waals surface area (Å²) >= 11 is 3.14. The van der Waals surface area contributed by atoms with Crippen LogP contribution < -0.4 is 5.73 Å². The molecule has 0 aliphatic heterocycles. The molecule has 0 radical (unpaired) electrons. The quantitative estimate of drug-likeness (QED) is 0.847.